The van der Waals surface area contributed by atoms with Crippen LogP contribution in [0.4, 0.5) is 19.0 Å². The molecule has 0 radical (unpaired) electrons. The first kappa shape index (κ1) is 23.8. The Hall–Kier alpha value is -2.38. The Bertz CT molecular complexity index is 1010. The fraction of sp³-hybridized carbons (Fsp3) is 0.429. The van der Waals surface area contributed by atoms with Crippen LogP contribution in [0.15, 0.2) is 41.4 Å². The van der Waals surface area contributed by atoms with Crippen molar-refractivity contribution in [2.75, 3.05) is 31.1 Å². The highest BCUT2D eigenvalue weighted by Crippen LogP contribution is 2.35. The molecular formula is C21H23F3N4O4S. The number of hydrazine groups is 1. The largest absolute Gasteiger partial charge is 0.590 e. The highest BCUT2D eigenvalue weighted by atomic mass is 32.2. The number of pyridine rings is 1. The van der Waals surface area contributed by atoms with Crippen LogP contribution in [0.1, 0.15) is 35.4 Å². The summed E-state index contributed by atoms with van der Waals surface area (Å²) < 4.78 is 51.9. The minimum Gasteiger partial charge on any atom is -0.590 e. The Kier molecular flexibility index (Phi) is 6.82. The van der Waals surface area contributed by atoms with E-state index in [0.29, 0.717) is 59.8 Å². The van der Waals surface area contributed by atoms with Crippen molar-refractivity contribution in [3.8, 4) is 0 Å². The normalized spacial score (nSPS) is 20.5. The molecule has 8 nitrogen and oxygen atoms in total. The van der Waals surface area contributed by atoms with Crippen molar-refractivity contribution >= 4 is 23.1 Å². The second-order valence-corrected chi connectivity index (χ2v) is 9.29. The predicted molar refractivity (Wildman–Crippen MR) is 113 cm³/mol. The highest BCUT2D eigenvalue weighted by molar-refractivity contribution is 7.88. The molecule has 2 heterocycles. The van der Waals surface area contributed by atoms with Gasteiger partial charge in [0.05, 0.1) is 16.1 Å². The molecule has 12 heteroatoms. The summed E-state index contributed by atoms with van der Waals surface area (Å²) in [6, 6.07) is 7.25. The van der Waals surface area contributed by atoms with Crippen LogP contribution in [-0.2, 0) is 28.8 Å². The Morgan fingerprint density at radius 3 is 2.64 bits per heavy atom. The molecule has 2 atom stereocenters. The molecule has 1 aromatic heterocycles. The van der Waals surface area contributed by atoms with Crippen LogP contribution in [0.2, 0.25) is 0 Å². The molecule has 1 aliphatic heterocycles. The van der Waals surface area contributed by atoms with Crippen LogP contribution in [-0.4, -0.2) is 61.6 Å². The summed E-state index contributed by atoms with van der Waals surface area (Å²) in [6.07, 6.45) is -1.97. The molecule has 1 aromatic carbocycles. The number of carboxylic acid groups (broad SMARTS) is 1. The van der Waals surface area contributed by atoms with E-state index in [1.165, 1.54) is 11.1 Å². The number of aliphatic carboxylic acids is 1. The fourth-order valence-corrected chi connectivity index (χ4v) is 5.16. The van der Waals surface area contributed by atoms with Crippen LogP contribution < -0.4 is 4.90 Å². The maximum absolute atomic E-state index is 13.0. The average Bonchev–Trinajstić information content (AvgIpc) is 3.06. The molecule has 2 aromatic rings. The topological polar surface area (TPSA) is 103 Å². The van der Waals surface area contributed by atoms with E-state index in [1.807, 2.05) is 4.90 Å². The predicted octanol–water partition coefficient (Wildman–Crippen LogP) is 3.06. The number of rotatable bonds is 5. The van der Waals surface area contributed by atoms with Crippen molar-refractivity contribution in [3.05, 3.63) is 53.2 Å². The van der Waals surface area contributed by atoms with E-state index < -0.39 is 35.0 Å². The number of fused-ring (bicyclic) bond motifs is 1. The van der Waals surface area contributed by atoms with Gasteiger partial charge in [-0.3, -0.25) is 10.0 Å². The van der Waals surface area contributed by atoms with Gasteiger partial charge < -0.3 is 14.6 Å². The van der Waals surface area contributed by atoms with Crippen LogP contribution in [0, 0.1) is 0 Å². The molecule has 0 spiro atoms. The molecule has 0 bridgehead atoms. The van der Waals surface area contributed by atoms with Gasteiger partial charge >= 0.3 is 12.1 Å². The van der Waals surface area contributed by atoms with Crippen molar-refractivity contribution in [1.29, 1.82) is 0 Å². The third-order valence-electron chi connectivity index (χ3n) is 5.96. The quantitative estimate of drug-likeness (QED) is 0.493. The van der Waals surface area contributed by atoms with Gasteiger partial charge in [-0.05, 0) is 54.7 Å². The number of nitrogens with zero attached hydrogens (tertiary/aromatic N) is 4. The molecule has 2 unspecified atom stereocenters. The molecular weight excluding hydrogens is 461 g/mol. The van der Waals surface area contributed by atoms with Crippen molar-refractivity contribution in [2.24, 2.45) is 0 Å². The van der Waals surface area contributed by atoms with Gasteiger partial charge in [-0.25, -0.2) is 4.98 Å². The molecule has 0 saturated carbocycles. The molecule has 33 heavy (non-hydrogen) atoms. The maximum atomic E-state index is 13.0. The summed E-state index contributed by atoms with van der Waals surface area (Å²) in [5.74, 6) is -1.18. The van der Waals surface area contributed by atoms with E-state index in [1.54, 1.807) is 18.2 Å². The number of carbonyl (C=O) groups is 1. The van der Waals surface area contributed by atoms with Crippen LogP contribution in [0.3, 0.4) is 0 Å². The van der Waals surface area contributed by atoms with Gasteiger partial charge in [0, 0.05) is 32.4 Å². The number of halogens is 3. The van der Waals surface area contributed by atoms with Crippen molar-refractivity contribution in [3.63, 3.8) is 0 Å². The van der Waals surface area contributed by atoms with Gasteiger partial charge in [0.2, 0.25) is 0 Å². The molecule has 1 fully saturated rings. The first-order valence-corrected chi connectivity index (χ1v) is 11.6. The van der Waals surface area contributed by atoms with E-state index in [0.717, 1.165) is 17.8 Å². The summed E-state index contributed by atoms with van der Waals surface area (Å²) in [7, 11) is 0. The molecule has 1 aliphatic carbocycles. The molecule has 0 amide bonds. The van der Waals surface area contributed by atoms with Gasteiger partial charge in [-0.15, -0.1) is 0 Å². The third kappa shape index (κ3) is 5.09. The standard InChI is InChI=1S/C21H23F3N4O4S/c22-21(23,24)15-4-7-19(25-13-15)26-8-1-9-27(11-10-26)28(31)33(32)16-5-2-14-3-6-17(20(29)30)18(14)12-16/h2,4-5,7,12-13,17,31H,1,3,6,8-11H2,(H,29,30). The van der Waals surface area contributed by atoms with Crippen molar-refractivity contribution in [2.45, 2.75) is 36.3 Å². The molecule has 4 rings (SSSR count). The number of hydrogen-bond acceptors (Lipinski definition) is 7. The third-order valence-corrected chi connectivity index (χ3v) is 7.14. The molecule has 2 aliphatic rings. The van der Waals surface area contributed by atoms with Crippen molar-refractivity contribution in [1.82, 2.24) is 14.6 Å². The summed E-state index contributed by atoms with van der Waals surface area (Å²) in [4.78, 5) is 17.5. The zero-order valence-electron chi connectivity index (χ0n) is 17.5. The number of aryl methyl sites for hydroxylation is 1. The van der Waals surface area contributed by atoms with Gasteiger partial charge in [0.1, 0.15) is 17.2 Å². The minimum atomic E-state index is -4.45. The lowest BCUT2D eigenvalue weighted by Gasteiger charge is -2.28. The number of anilines is 1. The van der Waals surface area contributed by atoms with E-state index in [2.05, 4.69) is 4.98 Å². The lowest BCUT2D eigenvalue weighted by atomic mass is 10.0. The zero-order chi connectivity index (χ0) is 23.8. The Morgan fingerprint density at radius 1 is 1.18 bits per heavy atom. The smallest absolute Gasteiger partial charge is 0.417 e. The first-order chi connectivity index (χ1) is 15.6. The average molecular weight is 485 g/mol. The monoisotopic (exact) mass is 484 g/mol. The van der Waals surface area contributed by atoms with E-state index in [-0.39, 0.29) is 6.54 Å². The number of alkyl halides is 3. The Labute approximate surface area is 191 Å². The Morgan fingerprint density at radius 2 is 1.97 bits per heavy atom. The number of aromatic nitrogens is 1. The first-order valence-electron chi connectivity index (χ1n) is 10.4. The fourth-order valence-electron chi connectivity index (χ4n) is 4.19. The Balaban J connectivity index is 1.42. The van der Waals surface area contributed by atoms with Crippen LogP contribution in [0.25, 0.3) is 0 Å². The minimum absolute atomic E-state index is 0.271. The number of hydrogen-bond donors (Lipinski definition) is 2. The lowest BCUT2D eigenvalue weighted by Crippen LogP contribution is -2.46. The van der Waals surface area contributed by atoms with Crippen LogP contribution >= 0.6 is 0 Å². The van der Waals surface area contributed by atoms with Crippen molar-refractivity contribution < 1.29 is 32.8 Å². The second-order valence-electron chi connectivity index (χ2n) is 7.99. The SMILES string of the molecule is O=C(O)C1CCc2ccc([S+]([O-])N(O)N3CCCN(c4ccc(C(F)(F)F)cn4)CC3)cc21. The summed E-state index contributed by atoms with van der Waals surface area (Å²) >= 11 is -1.96. The highest BCUT2D eigenvalue weighted by Gasteiger charge is 2.34. The summed E-state index contributed by atoms with van der Waals surface area (Å²) in [5.41, 5.74) is 0.707. The van der Waals surface area contributed by atoms with E-state index in [9.17, 15) is 32.8 Å². The van der Waals surface area contributed by atoms with E-state index >= 15 is 0 Å². The van der Waals surface area contributed by atoms with Gasteiger partial charge in [0.15, 0.2) is 4.90 Å². The van der Waals surface area contributed by atoms with E-state index in [4.69, 9.17) is 0 Å². The second kappa shape index (κ2) is 9.47. The van der Waals surface area contributed by atoms with Gasteiger partial charge in [0.25, 0.3) is 0 Å². The molecule has 2 N–H and O–H groups in total. The lowest BCUT2D eigenvalue weighted by molar-refractivity contribution is -0.164. The number of carboxylic acids is 1. The summed E-state index contributed by atoms with van der Waals surface area (Å²) in [5, 5.41) is 21.5. The summed E-state index contributed by atoms with van der Waals surface area (Å²) in [6.45, 7) is 1.52. The zero-order valence-corrected chi connectivity index (χ0v) is 18.3. The maximum Gasteiger partial charge on any atom is 0.417 e. The molecule has 1 saturated heterocycles. The molecule has 178 valence electrons. The van der Waals surface area contributed by atoms with Gasteiger partial charge in [-0.2, -0.15) is 18.2 Å². The van der Waals surface area contributed by atoms with Crippen LogP contribution in [0.5, 0.6) is 0 Å². The number of benzene rings is 1. The van der Waals surface area contributed by atoms with Gasteiger partial charge in [-0.1, -0.05) is 6.07 Å².